The number of nitrogens with one attached hydrogen (secondary N) is 2. The average Bonchev–Trinajstić information content (AvgIpc) is 2.66. The van der Waals surface area contributed by atoms with Crippen LogP contribution in [0.25, 0.3) is 0 Å². The first kappa shape index (κ1) is 23.1. The van der Waals surface area contributed by atoms with E-state index in [1.54, 1.807) is 29.2 Å². The highest BCUT2D eigenvalue weighted by Gasteiger charge is 2.24. The average molecular weight is 407 g/mol. The summed E-state index contributed by atoms with van der Waals surface area (Å²) in [6.07, 6.45) is -0.525. The summed E-state index contributed by atoms with van der Waals surface area (Å²) >= 11 is 0. The third kappa shape index (κ3) is 7.64. The second-order valence-corrected chi connectivity index (χ2v) is 8.28. The second kappa shape index (κ2) is 10.6. The van der Waals surface area contributed by atoms with Gasteiger partial charge in [-0.3, -0.25) is 9.69 Å². The molecule has 3 N–H and O–H groups in total. The number of carbonyl (C=O) groups is 2. The molecule has 0 saturated carbocycles. The maximum atomic E-state index is 12.7. The quantitative estimate of drug-likeness (QED) is 0.642. The molecule has 1 saturated heterocycles. The van der Waals surface area contributed by atoms with Gasteiger partial charge in [0, 0.05) is 44.9 Å². The van der Waals surface area contributed by atoms with Gasteiger partial charge in [-0.15, -0.1) is 0 Å². The predicted molar refractivity (Wildman–Crippen MR) is 113 cm³/mol. The van der Waals surface area contributed by atoms with Crippen molar-refractivity contribution in [3.8, 4) is 0 Å². The Kier molecular flexibility index (Phi) is 8.43. The van der Waals surface area contributed by atoms with Crippen LogP contribution in [0, 0.1) is 0 Å². The third-order valence-corrected chi connectivity index (χ3v) is 4.54. The van der Waals surface area contributed by atoms with Gasteiger partial charge < -0.3 is 25.4 Å². The lowest BCUT2D eigenvalue weighted by atomic mass is 10.1. The monoisotopic (exact) mass is 406 g/mol. The minimum absolute atomic E-state index is 0.221. The molecule has 1 aliphatic heterocycles. The van der Waals surface area contributed by atoms with Crippen LogP contribution in [0.5, 0.6) is 0 Å². The SMILES string of the molecule is CCOCC(O)CN1CCN(C(=O)Nc2ccccc2C(=O)NC(C)(C)C)CC1. The van der Waals surface area contributed by atoms with Crippen molar-refractivity contribution >= 4 is 17.6 Å². The minimum atomic E-state index is -0.525. The largest absolute Gasteiger partial charge is 0.389 e. The van der Waals surface area contributed by atoms with Crippen LogP contribution >= 0.6 is 0 Å². The Bertz CT molecular complexity index is 682. The van der Waals surface area contributed by atoms with Crippen LogP contribution in [0.4, 0.5) is 10.5 Å². The third-order valence-electron chi connectivity index (χ3n) is 4.54. The number of nitrogens with zero attached hydrogens (tertiary/aromatic N) is 2. The van der Waals surface area contributed by atoms with Crippen LogP contribution in [-0.4, -0.2) is 84.4 Å². The fourth-order valence-electron chi connectivity index (χ4n) is 3.13. The van der Waals surface area contributed by atoms with E-state index in [1.807, 2.05) is 27.7 Å². The molecule has 1 atom stereocenters. The molecule has 2 rings (SSSR count). The summed E-state index contributed by atoms with van der Waals surface area (Å²) in [7, 11) is 0. The topological polar surface area (TPSA) is 94.1 Å². The van der Waals surface area contributed by atoms with E-state index in [0.717, 1.165) is 0 Å². The summed E-state index contributed by atoms with van der Waals surface area (Å²) < 4.78 is 5.24. The van der Waals surface area contributed by atoms with E-state index < -0.39 is 6.10 Å². The number of aliphatic hydroxyl groups is 1. The molecule has 0 bridgehead atoms. The summed E-state index contributed by atoms with van der Waals surface area (Å²) in [6.45, 7) is 11.6. The molecule has 0 aliphatic carbocycles. The van der Waals surface area contributed by atoms with Gasteiger partial charge in [-0.2, -0.15) is 0 Å². The van der Waals surface area contributed by atoms with E-state index in [9.17, 15) is 14.7 Å². The predicted octanol–water partition coefficient (Wildman–Crippen LogP) is 1.76. The van der Waals surface area contributed by atoms with Crippen molar-refractivity contribution in [2.24, 2.45) is 0 Å². The van der Waals surface area contributed by atoms with Crippen LogP contribution in [0.15, 0.2) is 24.3 Å². The van der Waals surface area contributed by atoms with Crippen molar-refractivity contribution in [1.29, 1.82) is 0 Å². The molecule has 1 unspecified atom stereocenters. The van der Waals surface area contributed by atoms with E-state index in [0.29, 0.717) is 57.2 Å². The number of benzene rings is 1. The molecule has 1 fully saturated rings. The summed E-state index contributed by atoms with van der Waals surface area (Å²) in [5.74, 6) is -0.221. The number of para-hydroxylation sites is 1. The number of rotatable bonds is 7. The summed E-state index contributed by atoms with van der Waals surface area (Å²) in [5, 5.41) is 15.8. The Morgan fingerprint density at radius 2 is 1.83 bits per heavy atom. The van der Waals surface area contributed by atoms with E-state index >= 15 is 0 Å². The molecule has 1 heterocycles. The van der Waals surface area contributed by atoms with Crippen LogP contribution in [0.3, 0.4) is 0 Å². The maximum absolute atomic E-state index is 12.7. The van der Waals surface area contributed by atoms with Crippen molar-refractivity contribution in [2.45, 2.75) is 39.3 Å². The zero-order chi connectivity index (χ0) is 21.4. The van der Waals surface area contributed by atoms with Crippen LogP contribution < -0.4 is 10.6 Å². The van der Waals surface area contributed by atoms with Crippen molar-refractivity contribution in [2.75, 3.05) is 51.3 Å². The fourth-order valence-corrected chi connectivity index (χ4v) is 3.13. The van der Waals surface area contributed by atoms with Crippen LogP contribution in [-0.2, 0) is 4.74 Å². The van der Waals surface area contributed by atoms with Gasteiger partial charge in [-0.1, -0.05) is 12.1 Å². The number of piperazine rings is 1. The summed E-state index contributed by atoms with van der Waals surface area (Å²) in [5.41, 5.74) is 0.569. The van der Waals surface area contributed by atoms with Crippen molar-refractivity contribution in [1.82, 2.24) is 15.1 Å². The Morgan fingerprint density at radius 1 is 1.17 bits per heavy atom. The Balaban J connectivity index is 1.90. The molecule has 1 aromatic carbocycles. The second-order valence-electron chi connectivity index (χ2n) is 8.28. The number of hydrogen-bond acceptors (Lipinski definition) is 5. The van der Waals surface area contributed by atoms with Crippen molar-refractivity contribution < 1.29 is 19.4 Å². The van der Waals surface area contributed by atoms with E-state index in [4.69, 9.17) is 4.74 Å². The minimum Gasteiger partial charge on any atom is -0.389 e. The van der Waals surface area contributed by atoms with Gasteiger partial charge in [0.2, 0.25) is 0 Å². The van der Waals surface area contributed by atoms with Gasteiger partial charge in [0.25, 0.3) is 5.91 Å². The molecule has 0 spiro atoms. The van der Waals surface area contributed by atoms with Gasteiger partial charge in [0.1, 0.15) is 0 Å². The summed E-state index contributed by atoms with van der Waals surface area (Å²) in [4.78, 5) is 29.1. The number of hydrogen-bond donors (Lipinski definition) is 3. The van der Waals surface area contributed by atoms with Gasteiger partial charge in [0.05, 0.1) is 24.0 Å². The van der Waals surface area contributed by atoms with Gasteiger partial charge in [-0.25, -0.2) is 4.79 Å². The lowest BCUT2D eigenvalue weighted by molar-refractivity contribution is 0.0139. The molecule has 8 heteroatoms. The zero-order valence-corrected chi connectivity index (χ0v) is 17.9. The molecular weight excluding hydrogens is 372 g/mol. The lowest BCUT2D eigenvalue weighted by Crippen LogP contribution is -2.52. The van der Waals surface area contributed by atoms with Crippen LogP contribution in [0.1, 0.15) is 38.1 Å². The molecule has 3 amide bonds. The van der Waals surface area contributed by atoms with E-state index in [1.165, 1.54) is 0 Å². The summed E-state index contributed by atoms with van der Waals surface area (Å²) in [6, 6.07) is 6.78. The highest BCUT2D eigenvalue weighted by molar-refractivity contribution is 6.03. The van der Waals surface area contributed by atoms with Crippen LogP contribution in [0.2, 0.25) is 0 Å². The van der Waals surface area contributed by atoms with Gasteiger partial charge >= 0.3 is 6.03 Å². The molecule has 0 radical (unpaired) electrons. The molecule has 8 nitrogen and oxygen atoms in total. The first-order valence-electron chi connectivity index (χ1n) is 10.1. The molecule has 162 valence electrons. The number of aliphatic hydroxyl groups excluding tert-OH is 1. The fraction of sp³-hybridized carbons (Fsp3) is 0.619. The molecule has 1 aromatic rings. The Hall–Kier alpha value is -2.16. The highest BCUT2D eigenvalue weighted by Crippen LogP contribution is 2.17. The molecular formula is C21H34N4O4. The first-order chi connectivity index (χ1) is 13.7. The number of urea groups is 1. The van der Waals surface area contributed by atoms with Gasteiger partial charge in [-0.05, 0) is 39.8 Å². The number of ether oxygens (including phenoxy) is 1. The molecule has 1 aliphatic rings. The molecule has 29 heavy (non-hydrogen) atoms. The van der Waals surface area contributed by atoms with Gasteiger partial charge in [0.15, 0.2) is 0 Å². The smallest absolute Gasteiger partial charge is 0.321 e. The number of amides is 3. The molecule has 0 aromatic heterocycles. The number of β-amino-alcohol motifs (C(OH)–C–C–N with tert-alkyl or cyclic N) is 1. The lowest BCUT2D eigenvalue weighted by Gasteiger charge is -2.35. The van der Waals surface area contributed by atoms with Crippen molar-refractivity contribution in [3.63, 3.8) is 0 Å². The number of carbonyl (C=O) groups excluding carboxylic acids is 2. The van der Waals surface area contributed by atoms with E-state index in [2.05, 4.69) is 15.5 Å². The maximum Gasteiger partial charge on any atom is 0.321 e. The Morgan fingerprint density at radius 3 is 2.45 bits per heavy atom. The first-order valence-corrected chi connectivity index (χ1v) is 10.1. The zero-order valence-electron chi connectivity index (χ0n) is 17.9. The highest BCUT2D eigenvalue weighted by atomic mass is 16.5. The Labute approximate surface area is 173 Å². The number of anilines is 1. The van der Waals surface area contributed by atoms with Crippen molar-refractivity contribution in [3.05, 3.63) is 29.8 Å². The standard InChI is InChI=1S/C21H34N4O4/c1-5-29-15-16(26)14-24-10-12-25(13-11-24)20(28)22-18-9-7-6-8-17(18)19(27)23-21(2,3)4/h6-9,16,26H,5,10-15H2,1-4H3,(H,22,28)(H,23,27). The van der Waals surface area contributed by atoms with E-state index in [-0.39, 0.29) is 17.5 Å². The normalized spacial score (nSPS) is 16.4.